The van der Waals surface area contributed by atoms with E-state index in [1.807, 2.05) is 6.07 Å². The zero-order valence-corrected chi connectivity index (χ0v) is 14.3. The van der Waals surface area contributed by atoms with Gasteiger partial charge in [0.1, 0.15) is 23.8 Å². The second-order valence-electron chi connectivity index (χ2n) is 6.68. The van der Waals surface area contributed by atoms with Crippen molar-refractivity contribution in [1.82, 2.24) is 19.5 Å². The van der Waals surface area contributed by atoms with Gasteiger partial charge in [0.05, 0.1) is 24.9 Å². The van der Waals surface area contributed by atoms with E-state index < -0.39 is 0 Å². The third-order valence-electron chi connectivity index (χ3n) is 5.31. The molecule has 7 heteroatoms. The lowest BCUT2D eigenvalue weighted by Crippen LogP contribution is -2.36. The largest absolute Gasteiger partial charge is 0.394 e. The van der Waals surface area contributed by atoms with Crippen LogP contribution in [0.3, 0.4) is 0 Å². The Morgan fingerprint density at radius 3 is 2.83 bits per heavy atom. The number of fused-ring (bicyclic) bond motifs is 1. The van der Waals surface area contributed by atoms with Crippen LogP contribution in [0.2, 0.25) is 0 Å². The Kier molecular flexibility index (Phi) is 3.88. The number of aromatic nitrogens is 4. The number of aliphatic hydroxyl groups is 1. The van der Waals surface area contributed by atoms with Gasteiger partial charge in [0, 0.05) is 31.4 Å². The number of imidazole rings is 1. The molecule has 1 fully saturated rings. The summed E-state index contributed by atoms with van der Waals surface area (Å²) in [7, 11) is 0. The quantitative estimate of drug-likeness (QED) is 0.915. The van der Waals surface area contributed by atoms with E-state index >= 15 is 0 Å². The van der Waals surface area contributed by atoms with Crippen molar-refractivity contribution in [2.24, 2.45) is 0 Å². The maximum Gasteiger partial charge on any atom is 0.134 e. The maximum absolute atomic E-state index is 9.55. The third-order valence-corrected chi connectivity index (χ3v) is 5.31. The van der Waals surface area contributed by atoms with Crippen LogP contribution in [0.5, 0.6) is 0 Å². The lowest BCUT2D eigenvalue weighted by molar-refractivity contribution is 0.266. The third kappa shape index (κ3) is 2.53. The predicted octanol–water partition coefficient (Wildman–Crippen LogP) is 1.27. The van der Waals surface area contributed by atoms with Crippen molar-refractivity contribution in [2.75, 3.05) is 29.5 Å². The van der Waals surface area contributed by atoms with Crippen LogP contribution in [0.1, 0.15) is 30.1 Å². The number of aryl methyl sites for hydroxylation is 1. The number of hydrogen-bond donors (Lipinski definition) is 1. The van der Waals surface area contributed by atoms with Gasteiger partial charge in [-0.1, -0.05) is 0 Å². The molecule has 2 aliphatic heterocycles. The molecule has 2 aromatic rings. The van der Waals surface area contributed by atoms with Crippen molar-refractivity contribution < 1.29 is 5.11 Å². The SMILES string of the molecule is Cc1nc2n(c1C)CCN(c1cc(N3CCCC3CO)ncn1)C2. The van der Waals surface area contributed by atoms with Gasteiger partial charge in [-0.25, -0.2) is 15.0 Å². The molecule has 2 aromatic heterocycles. The number of rotatable bonds is 3. The number of aliphatic hydroxyl groups excluding tert-OH is 1. The minimum absolute atomic E-state index is 0.179. The van der Waals surface area contributed by atoms with Crippen LogP contribution >= 0.6 is 0 Å². The Bertz CT molecular complexity index is 743. The van der Waals surface area contributed by atoms with Crippen molar-refractivity contribution in [3.8, 4) is 0 Å². The Hall–Kier alpha value is -2.15. The van der Waals surface area contributed by atoms with Gasteiger partial charge in [-0.15, -0.1) is 0 Å². The van der Waals surface area contributed by atoms with E-state index in [0.717, 1.165) is 62.2 Å². The van der Waals surface area contributed by atoms with E-state index in [2.05, 4.69) is 43.2 Å². The Morgan fingerprint density at radius 2 is 2.00 bits per heavy atom. The number of nitrogens with zero attached hydrogens (tertiary/aromatic N) is 6. The molecule has 0 aliphatic carbocycles. The molecule has 0 spiro atoms. The predicted molar refractivity (Wildman–Crippen MR) is 92.2 cm³/mol. The second kappa shape index (κ2) is 6.05. The molecule has 2 aliphatic rings. The number of hydrogen-bond acceptors (Lipinski definition) is 6. The maximum atomic E-state index is 9.55. The monoisotopic (exact) mass is 328 g/mol. The highest BCUT2D eigenvalue weighted by Gasteiger charge is 2.26. The lowest BCUT2D eigenvalue weighted by Gasteiger charge is -2.30. The molecular weight excluding hydrogens is 304 g/mol. The van der Waals surface area contributed by atoms with E-state index in [4.69, 9.17) is 0 Å². The molecule has 4 heterocycles. The van der Waals surface area contributed by atoms with E-state index in [0.29, 0.717) is 0 Å². The van der Waals surface area contributed by atoms with E-state index in [9.17, 15) is 5.11 Å². The molecule has 4 rings (SSSR count). The fourth-order valence-corrected chi connectivity index (χ4v) is 3.80. The highest BCUT2D eigenvalue weighted by atomic mass is 16.3. The summed E-state index contributed by atoms with van der Waals surface area (Å²) in [6, 6.07) is 2.23. The molecule has 1 unspecified atom stereocenters. The smallest absolute Gasteiger partial charge is 0.134 e. The first kappa shape index (κ1) is 15.4. The van der Waals surface area contributed by atoms with Gasteiger partial charge in [-0.05, 0) is 26.7 Å². The molecule has 7 nitrogen and oxygen atoms in total. The molecule has 1 N–H and O–H groups in total. The van der Waals surface area contributed by atoms with Crippen molar-refractivity contribution in [3.63, 3.8) is 0 Å². The van der Waals surface area contributed by atoms with Crippen molar-refractivity contribution in [2.45, 2.75) is 45.8 Å². The molecule has 0 saturated carbocycles. The fraction of sp³-hybridized carbons (Fsp3) is 0.588. The number of anilines is 2. The summed E-state index contributed by atoms with van der Waals surface area (Å²) >= 11 is 0. The van der Waals surface area contributed by atoms with Gasteiger partial charge in [-0.2, -0.15) is 0 Å². The molecule has 0 radical (unpaired) electrons. The van der Waals surface area contributed by atoms with E-state index in [1.54, 1.807) is 6.33 Å². The molecule has 24 heavy (non-hydrogen) atoms. The van der Waals surface area contributed by atoms with Crippen LogP contribution in [0, 0.1) is 13.8 Å². The van der Waals surface area contributed by atoms with Crippen LogP contribution in [0.25, 0.3) is 0 Å². The Balaban J connectivity index is 1.58. The van der Waals surface area contributed by atoms with Crippen LogP contribution in [-0.2, 0) is 13.1 Å². The molecule has 1 atom stereocenters. The first-order valence-corrected chi connectivity index (χ1v) is 8.64. The first-order chi connectivity index (χ1) is 11.7. The average Bonchev–Trinajstić information content (AvgIpc) is 3.20. The van der Waals surface area contributed by atoms with Crippen LogP contribution < -0.4 is 9.80 Å². The van der Waals surface area contributed by atoms with Gasteiger partial charge in [0.2, 0.25) is 0 Å². The topological polar surface area (TPSA) is 70.3 Å². The standard InChI is InChI=1S/C17H24N6O/c1-12-13(2)22-7-6-21(9-17(22)20-12)15-8-16(19-11-18-15)23-5-3-4-14(23)10-24/h8,11,14,24H,3-7,9-10H2,1-2H3. The molecular formula is C17H24N6O. The van der Waals surface area contributed by atoms with Gasteiger partial charge in [0.15, 0.2) is 0 Å². The van der Waals surface area contributed by atoms with Crippen LogP contribution in [-0.4, -0.2) is 50.4 Å². The summed E-state index contributed by atoms with van der Waals surface area (Å²) in [5.74, 6) is 2.96. The summed E-state index contributed by atoms with van der Waals surface area (Å²) in [4.78, 5) is 18.1. The highest BCUT2D eigenvalue weighted by Crippen LogP contribution is 2.27. The summed E-state index contributed by atoms with van der Waals surface area (Å²) in [5.41, 5.74) is 2.37. The first-order valence-electron chi connectivity index (χ1n) is 8.64. The molecule has 1 saturated heterocycles. The zero-order chi connectivity index (χ0) is 16.7. The summed E-state index contributed by atoms with van der Waals surface area (Å²) in [6.45, 7) is 7.95. The highest BCUT2D eigenvalue weighted by molar-refractivity contribution is 5.51. The van der Waals surface area contributed by atoms with Crippen LogP contribution in [0.4, 0.5) is 11.6 Å². The molecule has 0 aromatic carbocycles. The minimum atomic E-state index is 0.179. The molecule has 0 amide bonds. The summed E-state index contributed by atoms with van der Waals surface area (Å²) in [5, 5.41) is 9.55. The van der Waals surface area contributed by atoms with E-state index in [-0.39, 0.29) is 12.6 Å². The van der Waals surface area contributed by atoms with Crippen LogP contribution in [0.15, 0.2) is 12.4 Å². The average molecular weight is 328 g/mol. The van der Waals surface area contributed by atoms with Gasteiger partial charge in [0.25, 0.3) is 0 Å². The normalized spacial score (nSPS) is 20.5. The molecule has 0 bridgehead atoms. The summed E-state index contributed by atoms with van der Waals surface area (Å²) < 4.78 is 2.30. The molecule has 128 valence electrons. The summed E-state index contributed by atoms with van der Waals surface area (Å²) in [6.07, 6.45) is 3.76. The van der Waals surface area contributed by atoms with E-state index in [1.165, 1.54) is 5.69 Å². The van der Waals surface area contributed by atoms with Crippen molar-refractivity contribution in [1.29, 1.82) is 0 Å². The minimum Gasteiger partial charge on any atom is -0.394 e. The van der Waals surface area contributed by atoms with Gasteiger partial charge >= 0.3 is 0 Å². The fourth-order valence-electron chi connectivity index (χ4n) is 3.80. The second-order valence-corrected chi connectivity index (χ2v) is 6.68. The van der Waals surface area contributed by atoms with Gasteiger partial charge in [-0.3, -0.25) is 0 Å². The Morgan fingerprint density at radius 1 is 1.17 bits per heavy atom. The Labute approximate surface area is 142 Å². The zero-order valence-electron chi connectivity index (χ0n) is 14.3. The lowest BCUT2D eigenvalue weighted by atomic mass is 10.2. The van der Waals surface area contributed by atoms with Crippen molar-refractivity contribution >= 4 is 11.6 Å². The van der Waals surface area contributed by atoms with Crippen molar-refractivity contribution in [3.05, 3.63) is 29.6 Å². The van der Waals surface area contributed by atoms with Gasteiger partial charge < -0.3 is 19.5 Å².